The van der Waals surface area contributed by atoms with Gasteiger partial charge in [0.1, 0.15) is 6.54 Å². The largest absolute Gasteiger partial charge is 0.336 e. The summed E-state index contributed by atoms with van der Waals surface area (Å²) in [4.78, 5) is 30.2. The number of carbonyl (C=O) groups is 2. The van der Waals surface area contributed by atoms with Gasteiger partial charge in [0.15, 0.2) is 0 Å². The summed E-state index contributed by atoms with van der Waals surface area (Å²) in [6.07, 6.45) is 0. The molecule has 6 heteroatoms. The molecule has 1 fully saturated rings. The van der Waals surface area contributed by atoms with E-state index in [0.717, 1.165) is 5.69 Å². The number of urea groups is 1. The molecule has 1 heterocycles. The molecule has 0 aliphatic carbocycles. The molecular weight excluding hydrogens is 314 g/mol. The molecule has 0 atom stereocenters. The topological polar surface area (TPSA) is 43.9 Å². The Morgan fingerprint density at radius 2 is 1.70 bits per heavy atom. The van der Waals surface area contributed by atoms with Crippen LogP contribution in [0.25, 0.3) is 0 Å². The molecule has 0 unspecified atom stereocenters. The highest BCUT2D eigenvalue weighted by Crippen LogP contribution is 2.22. The Balaban J connectivity index is 2.04. The smallest absolute Gasteiger partial charge is 0.325 e. The predicted octanol–water partition coefficient (Wildman–Crippen LogP) is 3.23. The van der Waals surface area contributed by atoms with E-state index in [0.29, 0.717) is 18.1 Å². The summed E-state index contributed by atoms with van der Waals surface area (Å²) in [6.45, 7) is 9.22. The van der Waals surface area contributed by atoms with Crippen LogP contribution in [0.3, 0.4) is 0 Å². The minimum Gasteiger partial charge on any atom is -0.336 e. The summed E-state index contributed by atoms with van der Waals surface area (Å²) in [5, 5.41) is 0.636. The highest BCUT2D eigenvalue weighted by Gasteiger charge is 2.32. The zero-order valence-corrected chi connectivity index (χ0v) is 14.9. The van der Waals surface area contributed by atoms with E-state index in [1.807, 2.05) is 44.7 Å². The number of benzene rings is 1. The van der Waals surface area contributed by atoms with Crippen molar-refractivity contribution in [1.82, 2.24) is 9.80 Å². The molecule has 1 aromatic rings. The number of nitrogens with zero attached hydrogens (tertiary/aromatic N) is 3. The third-order valence-electron chi connectivity index (χ3n) is 3.96. The molecular formula is C17H24ClN3O2. The fourth-order valence-electron chi connectivity index (χ4n) is 3.01. The second-order valence-electron chi connectivity index (χ2n) is 6.32. The molecule has 1 aliphatic rings. The number of anilines is 1. The number of hydrogen-bond acceptors (Lipinski definition) is 2. The number of hydrogen-bond donors (Lipinski definition) is 0. The quantitative estimate of drug-likeness (QED) is 0.828. The van der Waals surface area contributed by atoms with Crippen molar-refractivity contribution in [1.29, 1.82) is 0 Å². The lowest BCUT2D eigenvalue weighted by molar-refractivity contribution is -0.135. The van der Waals surface area contributed by atoms with Crippen molar-refractivity contribution < 1.29 is 9.59 Å². The average Bonchev–Trinajstić information content (AvgIpc) is 2.80. The standard InChI is InChI=1S/C17H24ClN3O2/c1-12(2)21(13(3)4)16(22)11-19-9-10-20(17(19)23)15-7-5-14(18)6-8-15/h5-8,12-13H,9-11H2,1-4H3. The van der Waals surface area contributed by atoms with Gasteiger partial charge in [-0.25, -0.2) is 4.79 Å². The van der Waals surface area contributed by atoms with Crippen LogP contribution in [0.5, 0.6) is 0 Å². The summed E-state index contributed by atoms with van der Waals surface area (Å²) in [5.74, 6) is -0.0127. The van der Waals surface area contributed by atoms with E-state index in [1.54, 1.807) is 21.9 Å². The van der Waals surface area contributed by atoms with E-state index in [4.69, 9.17) is 11.6 Å². The van der Waals surface area contributed by atoms with Crippen molar-refractivity contribution in [2.24, 2.45) is 0 Å². The summed E-state index contributed by atoms with van der Waals surface area (Å²) in [7, 11) is 0. The van der Waals surface area contributed by atoms with Crippen LogP contribution in [-0.2, 0) is 4.79 Å². The van der Waals surface area contributed by atoms with Gasteiger partial charge in [-0.15, -0.1) is 0 Å². The molecule has 126 valence electrons. The maximum Gasteiger partial charge on any atom is 0.325 e. The Hall–Kier alpha value is -1.75. The van der Waals surface area contributed by atoms with Crippen LogP contribution in [0.1, 0.15) is 27.7 Å². The maximum absolute atomic E-state index is 12.5. The first-order chi connectivity index (χ1) is 10.8. The van der Waals surface area contributed by atoms with Crippen molar-refractivity contribution in [3.8, 4) is 0 Å². The van der Waals surface area contributed by atoms with Gasteiger partial charge in [-0.05, 0) is 52.0 Å². The third-order valence-corrected chi connectivity index (χ3v) is 4.21. The number of amides is 3. The third kappa shape index (κ3) is 3.96. The molecule has 0 radical (unpaired) electrons. The molecule has 1 aromatic carbocycles. The van der Waals surface area contributed by atoms with E-state index in [1.165, 1.54) is 0 Å². The van der Waals surface area contributed by atoms with Crippen LogP contribution in [0.2, 0.25) is 5.02 Å². The van der Waals surface area contributed by atoms with Crippen LogP contribution in [0, 0.1) is 0 Å². The van der Waals surface area contributed by atoms with Crippen LogP contribution in [0.4, 0.5) is 10.5 Å². The van der Waals surface area contributed by atoms with Gasteiger partial charge < -0.3 is 9.80 Å². The van der Waals surface area contributed by atoms with Crippen molar-refractivity contribution >= 4 is 29.2 Å². The van der Waals surface area contributed by atoms with Crippen LogP contribution >= 0.6 is 11.6 Å². The van der Waals surface area contributed by atoms with Gasteiger partial charge in [0.2, 0.25) is 5.91 Å². The van der Waals surface area contributed by atoms with Gasteiger partial charge in [0.25, 0.3) is 0 Å². The van der Waals surface area contributed by atoms with Gasteiger partial charge >= 0.3 is 6.03 Å². The molecule has 3 amide bonds. The van der Waals surface area contributed by atoms with E-state index in [9.17, 15) is 9.59 Å². The Labute approximate surface area is 142 Å². The number of carbonyl (C=O) groups excluding carboxylic acids is 2. The minimum atomic E-state index is -0.131. The SMILES string of the molecule is CC(C)N(C(=O)CN1CCN(c2ccc(Cl)cc2)C1=O)C(C)C. The lowest BCUT2D eigenvalue weighted by Gasteiger charge is -2.32. The zero-order chi connectivity index (χ0) is 17.1. The summed E-state index contributed by atoms with van der Waals surface area (Å²) >= 11 is 5.88. The Morgan fingerprint density at radius 1 is 1.13 bits per heavy atom. The summed E-state index contributed by atoms with van der Waals surface area (Å²) in [6, 6.07) is 7.27. The van der Waals surface area contributed by atoms with Gasteiger partial charge in [0.05, 0.1) is 0 Å². The van der Waals surface area contributed by atoms with E-state index >= 15 is 0 Å². The van der Waals surface area contributed by atoms with Crippen molar-refractivity contribution in [3.05, 3.63) is 29.3 Å². The fraction of sp³-hybridized carbons (Fsp3) is 0.529. The first-order valence-corrected chi connectivity index (χ1v) is 8.32. The van der Waals surface area contributed by atoms with Gasteiger partial charge in [-0.1, -0.05) is 11.6 Å². The van der Waals surface area contributed by atoms with Crippen molar-refractivity contribution in [3.63, 3.8) is 0 Å². The Kier molecular flexibility index (Phi) is 5.52. The molecule has 5 nitrogen and oxygen atoms in total. The Morgan fingerprint density at radius 3 is 2.22 bits per heavy atom. The van der Waals surface area contributed by atoms with Gasteiger partial charge in [0, 0.05) is 35.9 Å². The van der Waals surface area contributed by atoms with Crippen LogP contribution in [0.15, 0.2) is 24.3 Å². The van der Waals surface area contributed by atoms with Crippen molar-refractivity contribution in [2.45, 2.75) is 39.8 Å². The Bertz CT molecular complexity index is 564. The number of rotatable bonds is 5. The molecule has 1 aliphatic heterocycles. The highest BCUT2D eigenvalue weighted by atomic mass is 35.5. The predicted molar refractivity (Wildman–Crippen MR) is 92.9 cm³/mol. The van der Waals surface area contributed by atoms with Crippen LogP contribution < -0.4 is 4.90 Å². The summed E-state index contributed by atoms with van der Waals surface area (Å²) in [5.41, 5.74) is 0.805. The van der Waals surface area contributed by atoms with Gasteiger partial charge in [-0.2, -0.15) is 0 Å². The minimum absolute atomic E-state index is 0.0127. The molecule has 0 spiro atoms. The molecule has 23 heavy (non-hydrogen) atoms. The van der Waals surface area contributed by atoms with E-state index in [-0.39, 0.29) is 30.6 Å². The summed E-state index contributed by atoms with van der Waals surface area (Å²) < 4.78 is 0. The monoisotopic (exact) mass is 337 g/mol. The fourth-order valence-corrected chi connectivity index (χ4v) is 3.13. The normalized spacial score (nSPS) is 15.0. The second kappa shape index (κ2) is 7.21. The molecule has 0 bridgehead atoms. The first kappa shape index (κ1) is 17.6. The molecule has 0 aromatic heterocycles. The molecule has 2 rings (SSSR count). The lowest BCUT2D eigenvalue weighted by Crippen LogP contribution is -2.48. The number of halogens is 1. The molecule has 0 N–H and O–H groups in total. The highest BCUT2D eigenvalue weighted by molar-refractivity contribution is 6.30. The van der Waals surface area contributed by atoms with E-state index in [2.05, 4.69) is 0 Å². The zero-order valence-electron chi connectivity index (χ0n) is 14.1. The lowest BCUT2D eigenvalue weighted by atomic mass is 10.2. The maximum atomic E-state index is 12.5. The van der Waals surface area contributed by atoms with E-state index < -0.39 is 0 Å². The average molecular weight is 338 g/mol. The molecule has 1 saturated heterocycles. The van der Waals surface area contributed by atoms with Crippen LogP contribution in [-0.4, -0.2) is 53.5 Å². The second-order valence-corrected chi connectivity index (χ2v) is 6.76. The van der Waals surface area contributed by atoms with Crippen molar-refractivity contribution in [2.75, 3.05) is 24.5 Å². The molecule has 0 saturated carbocycles. The van der Waals surface area contributed by atoms with Gasteiger partial charge in [-0.3, -0.25) is 9.69 Å². The first-order valence-electron chi connectivity index (χ1n) is 7.94.